The summed E-state index contributed by atoms with van der Waals surface area (Å²) in [5.74, 6) is 2.51. The first-order valence-electron chi connectivity index (χ1n) is 4.27. The molecule has 4 unspecified atom stereocenters. The van der Waals surface area contributed by atoms with Gasteiger partial charge in [-0.2, -0.15) is 0 Å². The van der Waals surface area contributed by atoms with Crippen molar-refractivity contribution in [2.24, 2.45) is 29.2 Å². The summed E-state index contributed by atoms with van der Waals surface area (Å²) in [5.41, 5.74) is 11.5. The highest BCUT2D eigenvalue weighted by atomic mass is 14.7. The molecule has 2 rings (SSSR count). The fourth-order valence-electron chi connectivity index (χ4n) is 2.73. The third-order valence-corrected chi connectivity index (χ3v) is 3.36. The lowest BCUT2D eigenvalue weighted by Crippen LogP contribution is -2.32. The van der Waals surface area contributed by atoms with Crippen molar-refractivity contribution in [2.75, 3.05) is 6.54 Å². The van der Waals surface area contributed by atoms with Crippen molar-refractivity contribution in [1.82, 2.24) is 0 Å². The van der Waals surface area contributed by atoms with Crippen LogP contribution in [0.3, 0.4) is 0 Å². The van der Waals surface area contributed by atoms with Gasteiger partial charge in [0.1, 0.15) is 0 Å². The topological polar surface area (TPSA) is 52.0 Å². The normalized spacial score (nSPS) is 52.2. The predicted octanol–water partition coefficient (Wildman–Crippen LogP) is 0.319. The summed E-state index contributed by atoms with van der Waals surface area (Å²) in [5, 5.41) is 0. The van der Waals surface area contributed by atoms with Gasteiger partial charge in [-0.15, -0.1) is 0 Å². The Labute approximate surface area is 62.0 Å². The molecule has 0 heterocycles. The molecule has 2 bridgehead atoms. The van der Waals surface area contributed by atoms with Crippen molar-refractivity contribution < 1.29 is 0 Å². The first kappa shape index (κ1) is 6.62. The highest BCUT2D eigenvalue weighted by Crippen LogP contribution is 2.47. The third-order valence-electron chi connectivity index (χ3n) is 3.36. The van der Waals surface area contributed by atoms with Gasteiger partial charge in [0.05, 0.1) is 0 Å². The lowest BCUT2D eigenvalue weighted by molar-refractivity contribution is 0.313. The summed E-state index contributed by atoms with van der Waals surface area (Å²) in [4.78, 5) is 0. The number of hydrogen-bond acceptors (Lipinski definition) is 2. The highest BCUT2D eigenvalue weighted by molar-refractivity contribution is 4.97. The van der Waals surface area contributed by atoms with Crippen molar-refractivity contribution in [3.05, 3.63) is 0 Å². The minimum atomic E-state index is 0.507. The SMILES string of the molecule is NCC1CC2CC1CC2N. The quantitative estimate of drug-likeness (QED) is 0.551. The minimum absolute atomic E-state index is 0.507. The van der Waals surface area contributed by atoms with Crippen LogP contribution in [0.2, 0.25) is 0 Å². The van der Waals surface area contributed by atoms with Gasteiger partial charge in [0.25, 0.3) is 0 Å². The third kappa shape index (κ3) is 0.789. The maximum Gasteiger partial charge on any atom is 0.00701 e. The van der Waals surface area contributed by atoms with E-state index in [2.05, 4.69) is 0 Å². The fourth-order valence-corrected chi connectivity index (χ4v) is 2.73. The van der Waals surface area contributed by atoms with Gasteiger partial charge >= 0.3 is 0 Å². The first-order chi connectivity index (χ1) is 4.81. The van der Waals surface area contributed by atoms with Crippen LogP contribution in [0, 0.1) is 17.8 Å². The van der Waals surface area contributed by atoms with Crippen molar-refractivity contribution >= 4 is 0 Å². The predicted molar refractivity (Wildman–Crippen MR) is 41.4 cm³/mol. The second-order valence-corrected chi connectivity index (χ2v) is 3.89. The molecule has 4 N–H and O–H groups in total. The number of rotatable bonds is 1. The minimum Gasteiger partial charge on any atom is -0.330 e. The molecular weight excluding hydrogens is 124 g/mol. The van der Waals surface area contributed by atoms with E-state index < -0.39 is 0 Å². The molecule has 2 aliphatic rings. The van der Waals surface area contributed by atoms with Crippen LogP contribution in [0.4, 0.5) is 0 Å². The standard InChI is InChI=1S/C8H16N2/c9-4-7-2-6-1-5(7)3-8(6)10/h5-8H,1-4,9-10H2. The Kier molecular flexibility index (Phi) is 1.46. The van der Waals surface area contributed by atoms with Crippen molar-refractivity contribution in [3.63, 3.8) is 0 Å². The molecule has 0 aliphatic heterocycles. The molecule has 2 aliphatic carbocycles. The van der Waals surface area contributed by atoms with Gasteiger partial charge in [-0.25, -0.2) is 0 Å². The largest absolute Gasteiger partial charge is 0.330 e. The molecule has 2 fully saturated rings. The Morgan fingerprint density at radius 3 is 2.30 bits per heavy atom. The van der Waals surface area contributed by atoms with Gasteiger partial charge in [-0.3, -0.25) is 0 Å². The van der Waals surface area contributed by atoms with Gasteiger partial charge < -0.3 is 11.5 Å². The van der Waals surface area contributed by atoms with Crippen LogP contribution in [0.1, 0.15) is 19.3 Å². The van der Waals surface area contributed by atoms with E-state index in [1.54, 1.807) is 0 Å². The van der Waals surface area contributed by atoms with Crippen LogP contribution in [-0.4, -0.2) is 12.6 Å². The van der Waals surface area contributed by atoms with Crippen LogP contribution in [0.15, 0.2) is 0 Å². The summed E-state index contributed by atoms with van der Waals surface area (Å²) in [7, 11) is 0. The molecule has 10 heavy (non-hydrogen) atoms. The second kappa shape index (κ2) is 2.21. The van der Waals surface area contributed by atoms with Crippen LogP contribution in [0.5, 0.6) is 0 Å². The molecule has 0 saturated heterocycles. The number of fused-ring (bicyclic) bond motifs is 2. The zero-order valence-corrected chi connectivity index (χ0v) is 6.29. The number of nitrogens with two attached hydrogens (primary N) is 2. The van der Waals surface area contributed by atoms with E-state index in [9.17, 15) is 0 Å². The van der Waals surface area contributed by atoms with Crippen molar-refractivity contribution in [3.8, 4) is 0 Å². The molecule has 0 amide bonds. The molecule has 2 heteroatoms. The van der Waals surface area contributed by atoms with E-state index in [1.165, 1.54) is 19.3 Å². The monoisotopic (exact) mass is 140 g/mol. The molecule has 58 valence electrons. The molecule has 0 aromatic carbocycles. The fraction of sp³-hybridized carbons (Fsp3) is 1.00. The average Bonchev–Trinajstić information content (AvgIpc) is 2.44. The molecule has 2 nitrogen and oxygen atoms in total. The maximum atomic E-state index is 5.90. The maximum absolute atomic E-state index is 5.90. The zero-order chi connectivity index (χ0) is 7.14. The first-order valence-corrected chi connectivity index (χ1v) is 4.27. The molecule has 0 aromatic rings. The van der Waals surface area contributed by atoms with Crippen molar-refractivity contribution in [1.29, 1.82) is 0 Å². The summed E-state index contributed by atoms with van der Waals surface area (Å²) in [6, 6.07) is 0.507. The van der Waals surface area contributed by atoms with E-state index in [-0.39, 0.29) is 0 Å². The highest BCUT2D eigenvalue weighted by Gasteiger charge is 2.43. The summed E-state index contributed by atoms with van der Waals surface area (Å²) in [6.45, 7) is 0.883. The average molecular weight is 140 g/mol. The van der Waals surface area contributed by atoms with Gasteiger partial charge in [-0.05, 0) is 43.6 Å². The van der Waals surface area contributed by atoms with Gasteiger partial charge in [-0.1, -0.05) is 0 Å². The van der Waals surface area contributed by atoms with E-state index in [0.717, 1.165) is 24.3 Å². The Morgan fingerprint density at radius 2 is 1.90 bits per heavy atom. The lowest BCUT2D eigenvalue weighted by Gasteiger charge is -2.23. The van der Waals surface area contributed by atoms with Crippen LogP contribution < -0.4 is 11.5 Å². The Hall–Kier alpha value is -0.0800. The zero-order valence-electron chi connectivity index (χ0n) is 6.29. The number of hydrogen-bond donors (Lipinski definition) is 2. The summed E-state index contributed by atoms with van der Waals surface area (Å²) >= 11 is 0. The summed E-state index contributed by atoms with van der Waals surface area (Å²) < 4.78 is 0. The molecular formula is C8H16N2. The van der Waals surface area contributed by atoms with E-state index in [4.69, 9.17) is 11.5 Å². The summed E-state index contributed by atoms with van der Waals surface area (Å²) in [6.07, 6.45) is 3.91. The Bertz CT molecular complexity index is 133. The van der Waals surface area contributed by atoms with E-state index in [1.807, 2.05) is 0 Å². The molecule has 4 atom stereocenters. The van der Waals surface area contributed by atoms with Gasteiger partial charge in [0, 0.05) is 6.04 Å². The molecule has 2 saturated carbocycles. The molecule has 0 aromatic heterocycles. The molecule has 0 spiro atoms. The van der Waals surface area contributed by atoms with Gasteiger partial charge in [0.2, 0.25) is 0 Å². The Balaban J connectivity index is 2.02. The van der Waals surface area contributed by atoms with E-state index >= 15 is 0 Å². The smallest absolute Gasteiger partial charge is 0.00701 e. The molecule has 0 radical (unpaired) electrons. The van der Waals surface area contributed by atoms with Crippen LogP contribution >= 0.6 is 0 Å². The van der Waals surface area contributed by atoms with E-state index in [0.29, 0.717) is 6.04 Å². The second-order valence-electron chi connectivity index (χ2n) is 3.89. The van der Waals surface area contributed by atoms with Crippen LogP contribution in [-0.2, 0) is 0 Å². The Morgan fingerprint density at radius 1 is 1.10 bits per heavy atom. The van der Waals surface area contributed by atoms with Crippen LogP contribution in [0.25, 0.3) is 0 Å². The van der Waals surface area contributed by atoms with Gasteiger partial charge in [0.15, 0.2) is 0 Å². The van der Waals surface area contributed by atoms with Crippen molar-refractivity contribution in [2.45, 2.75) is 25.3 Å². The lowest BCUT2D eigenvalue weighted by atomic mass is 9.86.